The largest absolute Gasteiger partial charge is 0.497 e. The number of amides is 2. The Labute approximate surface area is 248 Å². The highest BCUT2D eigenvalue weighted by molar-refractivity contribution is 7.92. The summed E-state index contributed by atoms with van der Waals surface area (Å²) in [5.74, 6) is -0.198. The van der Waals surface area contributed by atoms with Crippen molar-refractivity contribution in [3.05, 3.63) is 88.9 Å². The van der Waals surface area contributed by atoms with Crippen molar-refractivity contribution < 1.29 is 22.7 Å². The Morgan fingerprint density at radius 2 is 1.63 bits per heavy atom. The highest BCUT2D eigenvalue weighted by Gasteiger charge is 2.34. The van der Waals surface area contributed by atoms with Gasteiger partial charge in [-0.3, -0.25) is 13.9 Å². The van der Waals surface area contributed by atoms with Gasteiger partial charge >= 0.3 is 0 Å². The minimum Gasteiger partial charge on any atom is -0.497 e. The molecule has 0 spiro atoms. The van der Waals surface area contributed by atoms with Crippen LogP contribution in [-0.2, 0) is 26.2 Å². The van der Waals surface area contributed by atoms with Gasteiger partial charge in [0.25, 0.3) is 10.0 Å². The van der Waals surface area contributed by atoms with E-state index in [-0.39, 0.29) is 23.4 Å². The Morgan fingerprint density at radius 3 is 2.22 bits per heavy atom. The van der Waals surface area contributed by atoms with Gasteiger partial charge in [0, 0.05) is 17.6 Å². The summed E-state index contributed by atoms with van der Waals surface area (Å²) < 4.78 is 34.2. The standard InChI is InChI=1S/C31H38ClN3O5S/c1-6-23(4)33-31(37)29(7-2)34(20-24-9-8-10-27(19-24)40-5)30(36)21-35(26-15-11-22(3)12-16-26)41(38,39)28-17-13-25(32)14-18-28/h8-19,23,29H,6-7,20-21H2,1-5H3,(H,33,37)/t23-,29-/m0/s1. The second-order valence-electron chi connectivity index (χ2n) is 9.92. The van der Waals surface area contributed by atoms with Crippen LogP contribution in [-0.4, -0.2) is 50.9 Å². The van der Waals surface area contributed by atoms with Crippen LogP contribution in [0.1, 0.15) is 44.7 Å². The average Bonchev–Trinajstić information content (AvgIpc) is 2.96. The van der Waals surface area contributed by atoms with Crippen LogP contribution in [0.3, 0.4) is 0 Å². The van der Waals surface area contributed by atoms with E-state index in [0.717, 1.165) is 21.9 Å². The minimum atomic E-state index is -4.16. The van der Waals surface area contributed by atoms with E-state index in [4.69, 9.17) is 16.3 Å². The molecular formula is C31H38ClN3O5S. The van der Waals surface area contributed by atoms with Crippen LogP contribution in [0.15, 0.2) is 77.7 Å². The fraction of sp³-hybridized carbons (Fsp3) is 0.355. The van der Waals surface area contributed by atoms with Gasteiger partial charge in [0.1, 0.15) is 18.3 Å². The zero-order valence-corrected chi connectivity index (χ0v) is 25.7. The lowest BCUT2D eigenvalue weighted by Gasteiger charge is -2.33. The fourth-order valence-corrected chi connectivity index (χ4v) is 5.84. The molecule has 8 nitrogen and oxygen atoms in total. The number of hydrogen-bond acceptors (Lipinski definition) is 5. The normalized spacial score (nSPS) is 12.7. The lowest BCUT2D eigenvalue weighted by Crippen LogP contribution is -2.53. The third-order valence-corrected chi connectivity index (χ3v) is 8.92. The Kier molecular flexibility index (Phi) is 11.2. The van der Waals surface area contributed by atoms with E-state index in [1.165, 1.54) is 29.2 Å². The number of anilines is 1. The van der Waals surface area contributed by atoms with Crippen molar-refractivity contribution in [1.29, 1.82) is 0 Å². The first-order chi connectivity index (χ1) is 19.5. The van der Waals surface area contributed by atoms with Crippen molar-refractivity contribution in [3.8, 4) is 5.75 Å². The van der Waals surface area contributed by atoms with Crippen molar-refractivity contribution in [2.24, 2.45) is 0 Å². The molecule has 10 heteroatoms. The van der Waals surface area contributed by atoms with E-state index >= 15 is 0 Å². The number of nitrogens with one attached hydrogen (secondary N) is 1. The van der Waals surface area contributed by atoms with E-state index in [0.29, 0.717) is 22.9 Å². The van der Waals surface area contributed by atoms with Crippen molar-refractivity contribution >= 4 is 39.1 Å². The molecule has 3 aromatic rings. The Balaban J connectivity index is 2.06. The van der Waals surface area contributed by atoms with E-state index in [9.17, 15) is 18.0 Å². The number of hydrogen-bond donors (Lipinski definition) is 1. The van der Waals surface area contributed by atoms with Crippen LogP contribution in [0, 0.1) is 6.92 Å². The predicted octanol–water partition coefficient (Wildman–Crippen LogP) is 5.57. The summed E-state index contributed by atoms with van der Waals surface area (Å²) in [6, 6.07) is 19.0. The second kappa shape index (κ2) is 14.4. The summed E-state index contributed by atoms with van der Waals surface area (Å²) in [6.07, 6.45) is 1.07. The molecule has 0 heterocycles. The van der Waals surface area contributed by atoms with E-state index in [1.807, 2.05) is 33.8 Å². The first-order valence-corrected chi connectivity index (χ1v) is 15.4. The quantitative estimate of drug-likeness (QED) is 0.277. The number of aryl methyl sites for hydroxylation is 1. The zero-order chi connectivity index (χ0) is 30.2. The van der Waals surface area contributed by atoms with Crippen LogP contribution in [0.25, 0.3) is 0 Å². The van der Waals surface area contributed by atoms with Gasteiger partial charge in [-0.05, 0) is 80.8 Å². The predicted molar refractivity (Wildman–Crippen MR) is 163 cm³/mol. The maximum atomic E-state index is 14.1. The summed E-state index contributed by atoms with van der Waals surface area (Å²) in [5, 5.41) is 3.37. The molecule has 0 aromatic heterocycles. The number of carbonyl (C=O) groups is 2. The lowest BCUT2D eigenvalue weighted by atomic mass is 10.1. The molecule has 0 aliphatic heterocycles. The molecule has 41 heavy (non-hydrogen) atoms. The minimum absolute atomic E-state index is 0.00354. The van der Waals surface area contributed by atoms with Gasteiger partial charge in [0.2, 0.25) is 11.8 Å². The van der Waals surface area contributed by atoms with Gasteiger partial charge in [-0.25, -0.2) is 8.42 Å². The molecule has 0 saturated heterocycles. The first-order valence-electron chi connectivity index (χ1n) is 13.6. The second-order valence-corrected chi connectivity index (χ2v) is 12.2. The van der Waals surface area contributed by atoms with Crippen molar-refractivity contribution in [3.63, 3.8) is 0 Å². The number of carbonyl (C=O) groups excluding carboxylic acids is 2. The van der Waals surface area contributed by atoms with E-state index in [2.05, 4.69) is 5.32 Å². The smallest absolute Gasteiger partial charge is 0.264 e. The molecule has 2 atom stereocenters. The van der Waals surface area contributed by atoms with Crippen LogP contribution >= 0.6 is 11.6 Å². The van der Waals surface area contributed by atoms with E-state index < -0.39 is 28.5 Å². The molecule has 2 amide bonds. The highest BCUT2D eigenvalue weighted by Crippen LogP contribution is 2.26. The molecule has 3 rings (SSSR count). The molecule has 0 aliphatic carbocycles. The van der Waals surface area contributed by atoms with Gasteiger partial charge in [0.05, 0.1) is 17.7 Å². The van der Waals surface area contributed by atoms with Crippen LogP contribution in [0.5, 0.6) is 5.75 Å². The number of benzene rings is 3. The number of rotatable bonds is 13. The van der Waals surface area contributed by atoms with E-state index in [1.54, 1.807) is 49.6 Å². The summed E-state index contributed by atoms with van der Waals surface area (Å²) in [7, 11) is -2.61. The fourth-order valence-electron chi connectivity index (χ4n) is 4.30. The average molecular weight is 600 g/mol. The summed E-state index contributed by atoms with van der Waals surface area (Å²) in [5.41, 5.74) is 2.02. The molecule has 0 aliphatic rings. The molecule has 0 saturated carbocycles. The van der Waals surface area contributed by atoms with Gasteiger partial charge in [-0.15, -0.1) is 0 Å². The van der Waals surface area contributed by atoms with Crippen LogP contribution in [0.4, 0.5) is 5.69 Å². The molecular weight excluding hydrogens is 562 g/mol. The van der Waals surface area contributed by atoms with Crippen molar-refractivity contribution in [1.82, 2.24) is 10.2 Å². The summed E-state index contributed by atoms with van der Waals surface area (Å²) in [4.78, 5) is 29.0. The molecule has 0 bridgehead atoms. The van der Waals surface area contributed by atoms with Gasteiger partial charge < -0.3 is 15.0 Å². The number of methoxy groups -OCH3 is 1. The Morgan fingerprint density at radius 1 is 0.976 bits per heavy atom. The van der Waals surface area contributed by atoms with Gasteiger partial charge in [-0.1, -0.05) is 55.3 Å². The van der Waals surface area contributed by atoms with Crippen LogP contribution in [0.2, 0.25) is 5.02 Å². The zero-order valence-electron chi connectivity index (χ0n) is 24.1. The highest BCUT2D eigenvalue weighted by atomic mass is 35.5. The number of halogens is 1. The number of ether oxygens (including phenoxy) is 1. The molecule has 1 N–H and O–H groups in total. The first kappa shape index (κ1) is 32.0. The summed E-state index contributed by atoms with van der Waals surface area (Å²) in [6.45, 7) is 7.17. The van der Waals surface area contributed by atoms with Crippen LogP contribution < -0.4 is 14.4 Å². The topological polar surface area (TPSA) is 96.0 Å². The lowest BCUT2D eigenvalue weighted by molar-refractivity contribution is -0.140. The summed E-state index contributed by atoms with van der Waals surface area (Å²) >= 11 is 6.01. The molecule has 0 fully saturated rings. The third-order valence-electron chi connectivity index (χ3n) is 6.88. The molecule has 3 aromatic carbocycles. The maximum absolute atomic E-state index is 14.1. The van der Waals surface area contributed by atoms with Crippen molar-refractivity contribution in [2.75, 3.05) is 18.0 Å². The molecule has 0 unspecified atom stereocenters. The Bertz CT molecular complexity index is 1430. The molecule has 0 radical (unpaired) electrons. The number of sulfonamides is 1. The number of nitrogens with zero attached hydrogens (tertiary/aromatic N) is 2. The Hall–Kier alpha value is -3.56. The van der Waals surface area contributed by atoms with Gasteiger partial charge in [0.15, 0.2) is 0 Å². The maximum Gasteiger partial charge on any atom is 0.264 e. The molecule has 220 valence electrons. The third kappa shape index (κ3) is 8.24. The van der Waals surface area contributed by atoms with Gasteiger partial charge in [-0.2, -0.15) is 0 Å². The van der Waals surface area contributed by atoms with Crippen molar-refractivity contribution in [2.45, 2.75) is 64.1 Å². The monoisotopic (exact) mass is 599 g/mol. The SMILES string of the molecule is CC[C@H](C)NC(=O)[C@H](CC)N(Cc1cccc(OC)c1)C(=O)CN(c1ccc(C)cc1)S(=O)(=O)c1ccc(Cl)cc1.